The summed E-state index contributed by atoms with van der Waals surface area (Å²) in [5.41, 5.74) is 0. The second-order valence-corrected chi connectivity index (χ2v) is 5.37. The van der Waals surface area contributed by atoms with Crippen molar-refractivity contribution < 1.29 is 9.53 Å². The van der Waals surface area contributed by atoms with Crippen LogP contribution in [0, 0.1) is 0 Å². The molecular weight excluding hydrogens is 226 g/mol. The van der Waals surface area contributed by atoms with Crippen LogP contribution in [0.25, 0.3) is 0 Å². The maximum atomic E-state index is 11.8. The third-order valence-electron chi connectivity index (χ3n) is 3.44. The minimum absolute atomic E-state index is 0.162. The molecule has 2 saturated heterocycles. The molecule has 3 nitrogen and oxygen atoms in total. The largest absolute Gasteiger partial charge is 0.378 e. The minimum Gasteiger partial charge on any atom is -0.378 e. The number of nitrogens with zero attached hydrogens (tertiary/aromatic N) is 1. The van der Waals surface area contributed by atoms with Crippen LogP contribution in [0.3, 0.4) is 0 Å². The van der Waals surface area contributed by atoms with E-state index in [2.05, 4.69) is 0 Å². The maximum Gasteiger partial charge on any atom is 0.222 e. The van der Waals surface area contributed by atoms with Crippen molar-refractivity contribution in [2.24, 2.45) is 0 Å². The molecule has 2 unspecified atom stereocenters. The molecule has 1 amide bonds. The Morgan fingerprint density at radius 1 is 1.38 bits per heavy atom. The fourth-order valence-electron chi connectivity index (χ4n) is 2.42. The molecular formula is C12H20ClNO2. The van der Waals surface area contributed by atoms with Crippen LogP contribution < -0.4 is 0 Å². The van der Waals surface area contributed by atoms with Gasteiger partial charge in [-0.1, -0.05) is 0 Å². The SMILES string of the molecule is O=C(CCC1CCCCO1)N1CCC(Cl)C1. The highest BCUT2D eigenvalue weighted by Crippen LogP contribution is 2.20. The first kappa shape index (κ1) is 12.2. The quantitative estimate of drug-likeness (QED) is 0.714. The molecule has 2 atom stereocenters. The highest BCUT2D eigenvalue weighted by molar-refractivity contribution is 6.21. The second-order valence-electron chi connectivity index (χ2n) is 4.75. The molecule has 0 saturated carbocycles. The zero-order chi connectivity index (χ0) is 11.4. The van der Waals surface area contributed by atoms with E-state index in [4.69, 9.17) is 16.3 Å². The number of carbonyl (C=O) groups excluding carboxylic acids is 1. The van der Waals surface area contributed by atoms with Crippen molar-refractivity contribution in [2.75, 3.05) is 19.7 Å². The van der Waals surface area contributed by atoms with E-state index in [0.717, 1.165) is 39.0 Å². The topological polar surface area (TPSA) is 29.5 Å². The first-order chi connectivity index (χ1) is 7.75. The maximum absolute atomic E-state index is 11.8. The van der Waals surface area contributed by atoms with E-state index < -0.39 is 0 Å². The molecule has 0 radical (unpaired) electrons. The molecule has 16 heavy (non-hydrogen) atoms. The van der Waals surface area contributed by atoms with Crippen molar-refractivity contribution in [3.63, 3.8) is 0 Å². The lowest BCUT2D eigenvalue weighted by molar-refractivity contribution is -0.131. The zero-order valence-electron chi connectivity index (χ0n) is 9.66. The van der Waals surface area contributed by atoms with Gasteiger partial charge in [0.1, 0.15) is 0 Å². The van der Waals surface area contributed by atoms with Crippen LogP contribution in [0.2, 0.25) is 0 Å². The highest BCUT2D eigenvalue weighted by atomic mass is 35.5. The third kappa shape index (κ3) is 3.36. The summed E-state index contributed by atoms with van der Waals surface area (Å²) in [5, 5.41) is 0.162. The molecule has 0 N–H and O–H groups in total. The number of carbonyl (C=O) groups is 1. The normalized spacial score (nSPS) is 30.7. The summed E-state index contributed by atoms with van der Waals surface area (Å²) in [7, 11) is 0. The van der Waals surface area contributed by atoms with E-state index in [-0.39, 0.29) is 11.3 Å². The summed E-state index contributed by atoms with van der Waals surface area (Å²) in [6.45, 7) is 2.43. The molecule has 0 spiro atoms. The standard InChI is InChI=1S/C12H20ClNO2/c13-10-6-7-14(9-10)12(15)5-4-11-3-1-2-8-16-11/h10-11H,1-9H2. The summed E-state index contributed by atoms with van der Waals surface area (Å²) in [6, 6.07) is 0. The van der Waals surface area contributed by atoms with Crippen LogP contribution in [-0.2, 0) is 9.53 Å². The zero-order valence-corrected chi connectivity index (χ0v) is 10.4. The number of ether oxygens (including phenoxy) is 1. The van der Waals surface area contributed by atoms with Crippen LogP contribution in [0.5, 0.6) is 0 Å². The van der Waals surface area contributed by atoms with Crippen LogP contribution >= 0.6 is 11.6 Å². The smallest absolute Gasteiger partial charge is 0.222 e. The van der Waals surface area contributed by atoms with Gasteiger partial charge in [0, 0.05) is 26.1 Å². The average molecular weight is 246 g/mol. The Kier molecular flexibility index (Phi) is 4.47. The number of halogens is 1. The molecule has 2 heterocycles. The van der Waals surface area contributed by atoms with Crippen LogP contribution in [0.1, 0.15) is 38.5 Å². The van der Waals surface area contributed by atoms with Gasteiger partial charge in [0.05, 0.1) is 11.5 Å². The van der Waals surface area contributed by atoms with Crippen molar-refractivity contribution in [1.29, 1.82) is 0 Å². The lowest BCUT2D eigenvalue weighted by atomic mass is 10.0. The Morgan fingerprint density at radius 3 is 2.88 bits per heavy atom. The van der Waals surface area contributed by atoms with Crippen molar-refractivity contribution >= 4 is 17.5 Å². The van der Waals surface area contributed by atoms with Crippen LogP contribution in [0.15, 0.2) is 0 Å². The molecule has 2 aliphatic heterocycles. The summed E-state index contributed by atoms with van der Waals surface area (Å²) in [4.78, 5) is 13.7. The van der Waals surface area contributed by atoms with Gasteiger partial charge in [-0.2, -0.15) is 0 Å². The summed E-state index contributed by atoms with van der Waals surface area (Å²) in [6.07, 6.45) is 6.28. The van der Waals surface area contributed by atoms with Crippen molar-refractivity contribution in [3.8, 4) is 0 Å². The molecule has 4 heteroatoms. The van der Waals surface area contributed by atoms with E-state index in [1.54, 1.807) is 0 Å². The molecule has 0 bridgehead atoms. The first-order valence-corrected chi connectivity index (χ1v) is 6.73. The summed E-state index contributed by atoms with van der Waals surface area (Å²) < 4.78 is 5.62. The Hall–Kier alpha value is -0.280. The van der Waals surface area contributed by atoms with Gasteiger partial charge in [-0.15, -0.1) is 11.6 Å². The number of amides is 1. The number of rotatable bonds is 3. The Balaban J connectivity index is 1.67. The van der Waals surface area contributed by atoms with Crippen molar-refractivity contribution in [3.05, 3.63) is 0 Å². The molecule has 2 fully saturated rings. The number of hydrogen-bond donors (Lipinski definition) is 0. The number of hydrogen-bond acceptors (Lipinski definition) is 2. The fraction of sp³-hybridized carbons (Fsp3) is 0.917. The van der Waals surface area contributed by atoms with E-state index >= 15 is 0 Å². The molecule has 0 aromatic heterocycles. The first-order valence-electron chi connectivity index (χ1n) is 6.29. The molecule has 0 aromatic carbocycles. The van der Waals surface area contributed by atoms with E-state index in [1.165, 1.54) is 12.8 Å². The Morgan fingerprint density at radius 2 is 2.25 bits per heavy atom. The minimum atomic E-state index is 0.162. The van der Waals surface area contributed by atoms with Gasteiger partial charge in [-0.25, -0.2) is 0 Å². The summed E-state index contributed by atoms with van der Waals surface area (Å²) in [5.74, 6) is 0.248. The Labute approximate surface area is 102 Å². The van der Waals surface area contributed by atoms with Gasteiger partial charge in [-0.05, 0) is 32.1 Å². The van der Waals surface area contributed by atoms with Gasteiger partial charge in [0.15, 0.2) is 0 Å². The third-order valence-corrected chi connectivity index (χ3v) is 3.79. The average Bonchev–Trinajstić information content (AvgIpc) is 2.74. The monoisotopic (exact) mass is 245 g/mol. The molecule has 2 aliphatic rings. The Bertz CT molecular complexity index is 241. The van der Waals surface area contributed by atoms with Crippen molar-refractivity contribution in [1.82, 2.24) is 4.90 Å². The molecule has 0 aliphatic carbocycles. The lowest BCUT2D eigenvalue weighted by Crippen LogP contribution is -2.30. The predicted molar refractivity (Wildman–Crippen MR) is 63.7 cm³/mol. The highest BCUT2D eigenvalue weighted by Gasteiger charge is 2.25. The molecule has 0 aromatic rings. The van der Waals surface area contributed by atoms with E-state index in [9.17, 15) is 4.79 Å². The van der Waals surface area contributed by atoms with E-state index in [0.29, 0.717) is 12.5 Å². The number of likely N-dealkylation sites (tertiary alicyclic amines) is 1. The second kappa shape index (κ2) is 5.87. The van der Waals surface area contributed by atoms with Gasteiger partial charge in [0.25, 0.3) is 0 Å². The van der Waals surface area contributed by atoms with E-state index in [1.807, 2.05) is 4.90 Å². The predicted octanol–water partition coefficient (Wildman–Crippen LogP) is 2.18. The summed E-state index contributed by atoms with van der Waals surface area (Å²) >= 11 is 5.98. The molecule has 2 rings (SSSR count). The van der Waals surface area contributed by atoms with Gasteiger partial charge < -0.3 is 9.64 Å². The van der Waals surface area contributed by atoms with Gasteiger partial charge >= 0.3 is 0 Å². The van der Waals surface area contributed by atoms with Gasteiger partial charge in [0.2, 0.25) is 5.91 Å². The van der Waals surface area contributed by atoms with Crippen LogP contribution in [0.4, 0.5) is 0 Å². The lowest BCUT2D eigenvalue weighted by Gasteiger charge is -2.23. The fourth-order valence-corrected chi connectivity index (χ4v) is 2.69. The number of alkyl halides is 1. The van der Waals surface area contributed by atoms with Crippen LogP contribution in [-0.4, -0.2) is 42.0 Å². The van der Waals surface area contributed by atoms with Gasteiger partial charge in [-0.3, -0.25) is 4.79 Å². The molecule has 92 valence electrons. The van der Waals surface area contributed by atoms with Crippen molar-refractivity contribution in [2.45, 2.75) is 50.0 Å².